The lowest BCUT2D eigenvalue weighted by molar-refractivity contribution is -0.0903. The molecule has 0 radical (unpaired) electrons. The molecule has 28 heavy (non-hydrogen) atoms. The van der Waals surface area contributed by atoms with Gasteiger partial charge in [-0.25, -0.2) is 9.48 Å². The van der Waals surface area contributed by atoms with Crippen LogP contribution >= 0.6 is 0 Å². The second-order valence-electron chi connectivity index (χ2n) is 7.93. The molecule has 2 fully saturated rings. The zero-order valence-electron chi connectivity index (χ0n) is 16.2. The van der Waals surface area contributed by atoms with Crippen molar-refractivity contribution >= 4 is 5.97 Å². The molecule has 3 atom stereocenters. The fourth-order valence-electron chi connectivity index (χ4n) is 4.58. The quantitative estimate of drug-likeness (QED) is 0.818. The van der Waals surface area contributed by atoms with Crippen molar-refractivity contribution in [3.05, 3.63) is 36.0 Å². The van der Waals surface area contributed by atoms with Gasteiger partial charge in [0.2, 0.25) is 0 Å². The molecular weight excluding hydrogens is 358 g/mol. The van der Waals surface area contributed by atoms with Crippen LogP contribution in [-0.4, -0.2) is 52.5 Å². The van der Waals surface area contributed by atoms with Crippen LogP contribution in [-0.2, 0) is 9.47 Å². The maximum atomic E-state index is 11.6. The van der Waals surface area contributed by atoms with Crippen molar-refractivity contribution in [1.82, 2.24) is 15.0 Å². The van der Waals surface area contributed by atoms with Crippen LogP contribution in [0.15, 0.2) is 30.5 Å². The summed E-state index contributed by atoms with van der Waals surface area (Å²) in [5.74, 6) is -0.364. The molecule has 150 valence electrons. The lowest BCUT2D eigenvalue weighted by atomic mass is 9.67. The van der Waals surface area contributed by atoms with Crippen LogP contribution in [0.25, 0.3) is 11.3 Å². The molecular formula is C21H27N3O4. The van der Waals surface area contributed by atoms with E-state index in [1.54, 1.807) is 16.8 Å². The van der Waals surface area contributed by atoms with Crippen molar-refractivity contribution in [3.8, 4) is 11.3 Å². The summed E-state index contributed by atoms with van der Waals surface area (Å²) in [4.78, 5) is 11.6. The fraction of sp³-hybridized carbons (Fsp3) is 0.571. The van der Waals surface area contributed by atoms with Gasteiger partial charge < -0.3 is 14.6 Å². The van der Waals surface area contributed by atoms with Crippen molar-refractivity contribution < 1.29 is 19.4 Å². The van der Waals surface area contributed by atoms with E-state index in [2.05, 4.69) is 10.3 Å². The summed E-state index contributed by atoms with van der Waals surface area (Å²) in [5.41, 5.74) is 1.92. The number of rotatable bonds is 3. The lowest BCUT2D eigenvalue weighted by Gasteiger charge is -2.44. The van der Waals surface area contributed by atoms with Crippen LogP contribution in [0.4, 0.5) is 0 Å². The van der Waals surface area contributed by atoms with Gasteiger partial charge in [-0.15, -0.1) is 5.10 Å². The van der Waals surface area contributed by atoms with E-state index in [0.717, 1.165) is 56.4 Å². The number of esters is 1. The SMILES string of the molecule is COC(=O)c1ccc(-c2cn([C@@H]3CCC[C@]4(CCCCOC4)[C@H]3O)nn2)cc1. The Balaban J connectivity index is 1.54. The number of carbonyl (C=O) groups is 1. The Hall–Kier alpha value is -2.25. The van der Waals surface area contributed by atoms with Crippen molar-refractivity contribution in [1.29, 1.82) is 0 Å². The van der Waals surface area contributed by atoms with E-state index in [0.29, 0.717) is 12.2 Å². The molecule has 2 aromatic rings. The first-order valence-corrected chi connectivity index (χ1v) is 9.99. The second kappa shape index (κ2) is 8.01. The van der Waals surface area contributed by atoms with Gasteiger partial charge in [-0.2, -0.15) is 0 Å². The van der Waals surface area contributed by atoms with Gasteiger partial charge in [0.15, 0.2) is 0 Å². The predicted molar refractivity (Wildman–Crippen MR) is 103 cm³/mol. The Bertz CT molecular complexity index is 809. The summed E-state index contributed by atoms with van der Waals surface area (Å²) in [6.07, 6.45) is 7.49. The first-order chi connectivity index (χ1) is 13.6. The van der Waals surface area contributed by atoms with Crippen LogP contribution in [0, 0.1) is 5.41 Å². The minimum absolute atomic E-state index is 0.0916. The number of carbonyl (C=O) groups excluding carboxylic acids is 1. The van der Waals surface area contributed by atoms with Gasteiger partial charge in [0.1, 0.15) is 5.69 Å². The minimum atomic E-state index is -0.490. The van der Waals surface area contributed by atoms with E-state index in [4.69, 9.17) is 9.47 Å². The van der Waals surface area contributed by atoms with Crippen molar-refractivity contribution in [3.63, 3.8) is 0 Å². The van der Waals surface area contributed by atoms with E-state index in [1.165, 1.54) is 7.11 Å². The third-order valence-corrected chi connectivity index (χ3v) is 6.22. The molecule has 2 aliphatic rings. The lowest BCUT2D eigenvalue weighted by Crippen LogP contribution is -2.47. The number of aliphatic hydroxyl groups is 1. The molecule has 1 saturated heterocycles. The summed E-state index contributed by atoms with van der Waals surface area (Å²) >= 11 is 0. The molecule has 1 saturated carbocycles. The molecule has 1 N–H and O–H groups in total. The van der Waals surface area contributed by atoms with Crippen molar-refractivity contribution in [2.75, 3.05) is 20.3 Å². The number of nitrogens with zero attached hydrogens (tertiary/aromatic N) is 3. The van der Waals surface area contributed by atoms with Crippen LogP contribution < -0.4 is 0 Å². The Morgan fingerprint density at radius 2 is 2.04 bits per heavy atom. The average molecular weight is 385 g/mol. The fourth-order valence-corrected chi connectivity index (χ4v) is 4.58. The van der Waals surface area contributed by atoms with E-state index in [1.807, 2.05) is 18.3 Å². The van der Waals surface area contributed by atoms with Gasteiger partial charge in [-0.3, -0.25) is 0 Å². The molecule has 1 aromatic heterocycles. The smallest absolute Gasteiger partial charge is 0.337 e. The molecule has 0 amide bonds. The minimum Gasteiger partial charge on any atom is -0.465 e. The average Bonchev–Trinajstić information content (AvgIpc) is 3.10. The standard InChI is InChI=1S/C21H27N3O4/c1-27-20(26)16-8-6-15(7-9-16)17-13-24(23-22-17)18-5-4-11-21(19(18)25)10-2-3-12-28-14-21/h6-9,13,18-19,25H,2-5,10-12,14H2,1H3/t18-,19+,21+/m1/s1. The van der Waals surface area contributed by atoms with Crippen LogP contribution in [0.3, 0.4) is 0 Å². The molecule has 7 heteroatoms. The molecule has 1 aromatic carbocycles. The summed E-state index contributed by atoms with van der Waals surface area (Å²) < 4.78 is 12.4. The Kier molecular flexibility index (Phi) is 5.46. The zero-order chi connectivity index (χ0) is 19.6. The maximum Gasteiger partial charge on any atom is 0.337 e. The summed E-state index contributed by atoms with van der Waals surface area (Å²) in [6.45, 7) is 1.41. The van der Waals surface area contributed by atoms with Crippen molar-refractivity contribution in [2.24, 2.45) is 5.41 Å². The van der Waals surface area contributed by atoms with Gasteiger partial charge in [0, 0.05) is 17.6 Å². The summed E-state index contributed by atoms with van der Waals surface area (Å²) in [6, 6.07) is 7.00. The number of aliphatic hydroxyl groups excluding tert-OH is 1. The Morgan fingerprint density at radius 1 is 1.25 bits per heavy atom. The van der Waals surface area contributed by atoms with Gasteiger partial charge in [-0.1, -0.05) is 30.2 Å². The number of methoxy groups -OCH3 is 1. The van der Waals surface area contributed by atoms with Crippen molar-refractivity contribution in [2.45, 2.75) is 50.7 Å². The third kappa shape index (κ3) is 3.56. The van der Waals surface area contributed by atoms with E-state index in [-0.39, 0.29) is 17.4 Å². The largest absolute Gasteiger partial charge is 0.465 e. The number of ether oxygens (including phenoxy) is 2. The number of benzene rings is 1. The van der Waals surface area contributed by atoms with Gasteiger partial charge in [0.05, 0.1) is 37.6 Å². The Labute approximate surface area is 164 Å². The van der Waals surface area contributed by atoms with E-state index >= 15 is 0 Å². The summed E-state index contributed by atoms with van der Waals surface area (Å²) in [5, 5.41) is 19.8. The molecule has 1 aliphatic heterocycles. The highest BCUT2D eigenvalue weighted by molar-refractivity contribution is 5.89. The molecule has 4 rings (SSSR count). The van der Waals surface area contributed by atoms with E-state index in [9.17, 15) is 9.90 Å². The van der Waals surface area contributed by atoms with Gasteiger partial charge in [-0.05, 0) is 37.8 Å². The number of hydrogen-bond donors (Lipinski definition) is 1. The first-order valence-electron chi connectivity index (χ1n) is 9.99. The highest BCUT2D eigenvalue weighted by Gasteiger charge is 2.46. The third-order valence-electron chi connectivity index (χ3n) is 6.22. The van der Waals surface area contributed by atoms with E-state index < -0.39 is 6.10 Å². The molecule has 0 bridgehead atoms. The highest BCUT2D eigenvalue weighted by atomic mass is 16.5. The normalized spacial score (nSPS) is 28.1. The van der Waals surface area contributed by atoms with Crippen LogP contribution in [0.5, 0.6) is 0 Å². The summed E-state index contributed by atoms with van der Waals surface area (Å²) in [7, 11) is 1.36. The topological polar surface area (TPSA) is 86.5 Å². The van der Waals surface area contributed by atoms with Gasteiger partial charge in [0.25, 0.3) is 0 Å². The zero-order valence-corrected chi connectivity index (χ0v) is 16.2. The Morgan fingerprint density at radius 3 is 2.82 bits per heavy atom. The predicted octanol–water partition coefficient (Wildman–Crippen LogP) is 3.00. The van der Waals surface area contributed by atoms with Crippen LogP contribution in [0.1, 0.15) is 54.9 Å². The molecule has 0 unspecified atom stereocenters. The van der Waals surface area contributed by atoms with Crippen LogP contribution in [0.2, 0.25) is 0 Å². The maximum absolute atomic E-state index is 11.6. The first kappa shape index (κ1) is 19.1. The monoisotopic (exact) mass is 385 g/mol. The van der Waals surface area contributed by atoms with Gasteiger partial charge >= 0.3 is 5.97 Å². The number of hydrogen-bond acceptors (Lipinski definition) is 6. The molecule has 1 aliphatic carbocycles. The molecule has 1 spiro atoms. The highest BCUT2D eigenvalue weighted by Crippen LogP contribution is 2.46. The second-order valence-corrected chi connectivity index (χ2v) is 7.93. The molecule has 2 heterocycles. The number of aromatic nitrogens is 3. The molecule has 7 nitrogen and oxygen atoms in total.